The van der Waals surface area contributed by atoms with Crippen molar-refractivity contribution in [3.63, 3.8) is 0 Å². The summed E-state index contributed by atoms with van der Waals surface area (Å²) in [5, 5.41) is 20.8. The fourth-order valence-corrected chi connectivity index (χ4v) is 5.23. The molecule has 1 fully saturated rings. The minimum absolute atomic E-state index is 0.0750. The first kappa shape index (κ1) is 15.8. The Balaban J connectivity index is 2.15. The molecule has 0 bridgehead atoms. The lowest BCUT2D eigenvalue weighted by Gasteiger charge is -2.50. The van der Waals surface area contributed by atoms with Crippen LogP contribution in [0.5, 0.6) is 0 Å². The number of allylic oxidation sites excluding steroid dienone is 3. The Labute approximate surface area is 134 Å². The molecular weight excluding hydrogens is 270 g/mol. The molecule has 1 unspecified atom stereocenters. The zero-order valence-corrected chi connectivity index (χ0v) is 14.4. The number of hydrogen-bond donors (Lipinski definition) is 1. The van der Waals surface area contributed by atoms with Gasteiger partial charge in [-0.3, -0.25) is 0 Å². The van der Waals surface area contributed by atoms with Gasteiger partial charge in [0.15, 0.2) is 0 Å². The van der Waals surface area contributed by atoms with Gasteiger partial charge in [0.05, 0.1) is 17.6 Å². The number of rotatable bonds is 1. The summed E-state index contributed by atoms with van der Waals surface area (Å²) in [5.74, 6) is 0.853. The summed E-state index contributed by atoms with van der Waals surface area (Å²) < 4.78 is 0. The molecule has 0 saturated heterocycles. The van der Waals surface area contributed by atoms with Gasteiger partial charge in [0.2, 0.25) is 0 Å². The van der Waals surface area contributed by atoms with Gasteiger partial charge in [-0.2, -0.15) is 5.26 Å². The molecule has 0 spiro atoms. The minimum Gasteiger partial charge on any atom is -0.392 e. The molecule has 0 amide bonds. The van der Waals surface area contributed by atoms with Crippen LogP contribution in [0.1, 0.15) is 66.2 Å². The number of aliphatic hydroxyl groups excluding tert-OH is 1. The van der Waals surface area contributed by atoms with Gasteiger partial charge in [-0.15, -0.1) is 0 Å². The van der Waals surface area contributed by atoms with E-state index in [0.29, 0.717) is 11.8 Å². The maximum absolute atomic E-state index is 10.9. The molecule has 0 aromatic carbocycles. The highest BCUT2D eigenvalue weighted by molar-refractivity contribution is 5.41. The number of nitrogens with zero attached hydrogens (tertiary/aromatic N) is 1. The van der Waals surface area contributed by atoms with Crippen LogP contribution in [-0.4, -0.2) is 11.2 Å². The predicted octanol–water partition coefficient (Wildman–Crippen LogP) is 4.76. The second kappa shape index (κ2) is 5.24. The van der Waals surface area contributed by atoms with Crippen LogP contribution in [0.3, 0.4) is 0 Å². The zero-order valence-electron chi connectivity index (χ0n) is 14.4. The van der Waals surface area contributed by atoms with Crippen molar-refractivity contribution < 1.29 is 5.11 Å². The lowest BCUT2D eigenvalue weighted by molar-refractivity contribution is -0.0241. The van der Waals surface area contributed by atoms with Crippen molar-refractivity contribution in [1.29, 1.82) is 5.26 Å². The SMILES string of the molecule is CC1=CC[C@H]2C3=C(C(C)C)CC[C@@]3(C#N)CC[C@]2(C)C(O)C1. The van der Waals surface area contributed by atoms with E-state index < -0.39 is 0 Å². The third-order valence-electron chi connectivity index (χ3n) is 6.81. The normalized spacial score (nSPS) is 41.6. The highest BCUT2D eigenvalue weighted by atomic mass is 16.3. The quantitative estimate of drug-likeness (QED) is 0.709. The van der Waals surface area contributed by atoms with E-state index in [-0.39, 0.29) is 16.9 Å². The van der Waals surface area contributed by atoms with Gasteiger partial charge >= 0.3 is 0 Å². The molecule has 0 aromatic rings. The Morgan fingerprint density at radius 3 is 2.68 bits per heavy atom. The first-order valence-corrected chi connectivity index (χ1v) is 8.82. The van der Waals surface area contributed by atoms with Crippen molar-refractivity contribution in [2.45, 2.75) is 72.3 Å². The van der Waals surface area contributed by atoms with Crippen LogP contribution >= 0.6 is 0 Å². The van der Waals surface area contributed by atoms with Crippen LogP contribution in [0, 0.1) is 34.0 Å². The first-order valence-electron chi connectivity index (χ1n) is 8.82. The molecule has 22 heavy (non-hydrogen) atoms. The van der Waals surface area contributed by atoms with Gasteiger partial charge < -0.3 is 5.11 Å². The average Bonchev–Trinajstić information content (AvgIpc) is 2.81. The van der Waals surface area contributed by atoms with Crippen molar-refractivity contribution in [2.24, 2.45) is 22.7 Å². The maximum atomic E-state index is 10.9. The highest BCUT2D eigenvalue weighted by Gasteiger charge is 2.56. The van der Waals surface area contributed by atoms with Gasteiger partial charge in [0.1, 0.15) is 0 Å². The Morgan fingerprint density at radius 1 is 1.32 bits per heavy atom. The number of aliphatic hydroxyl groups is 1. The van der Waals surface area contributed by atoms with Gasteiger partial charge in [0, 0.05) is 5.41 Å². The fraction of sp³-hybridized carbons (Fsp3) is 0.750. The summed E-state index contributed by atoms with van der Waals surface area (Å²) >= 11 is 0. The van der Waals surface area contributed by atoms with E-state index in [9.17, 15) is 10.4 Å². The van der Waals surface area contributed by atoms with Gasteiger partial charge in [-0.25, -0.2) is 0 Å². The van der Waals surface area contributed by atoms with Crippen LogP contribution < -0.4 is 0 Å². The standard InChI is InChI=1S/C20H29NO/c1-13(2)15-7-8-20(12-21)10-9-19(4)16(18(15)20)6-5-14(3)11-17(19)22/h5,13,16-17,22H,6-11H2,1-4H3/t16-,17?,19-,20-/m0/s1. The van der Waals surface area contributed by atoms with Crippen LogP contribution in [0.4, 0.5) is 0 Å². The van der Waals surface area contributed by atoms with Gasteiger partial charge in [-0.05, 0) is 62.9 Å². The first-order chi connectivity index (χ1) is 10.3. The number of nitriles is 1. The molecular formula is C20H29NO. The smallest absolute Gasteiger partial charge is 0.0791 e. The number of fused-ring (bicyclic) bond motifs is 3. The molecule has 0 aromatic heterocycles. The topological polar surface area (TPSA) is 44.0 Å². The summed E-state index contributed by atoms with van der Waals surface area (Å²) in [4.78, 5) is 0. The van der Waals surface area contributed by atoms with E-state index in [0.717, 1.165) is 38.5 Å². The second-order valence-electron chi connectivity index (χ2n) is 8.35. The van der Waals surface area contributed by atoms with E-state index >= 15 is 0 Å². The molecule has 3 aliphatic carbocycles. The van der Waals surface area contributed by atoms with E-state index in [2.05, 4.69) is 39.8 Å². The molecule has 3 aliphatic rings. The molecule has 4 atom stereocenters. The lowest BCUT2D eigenvalue weighted by Crippen LogP contribution is -2.46. The third-order valence-corrected chi connectivity index (χ3v) is 6.81. The van der Waals surface area contributed by atoms with E-state index in [4.69, 9.17) is 0 Å². The van der Waals surface area contributed by atoms with Crippen molar-refractivity contribution in [3.8, 4) is 6.07 Å². The van der Waals surface area contributed by atoms with E-state index in [1.54, 1.807) is 0 Å². The van der Waals surface area contributed by atoms with Crippen LogP contribution in [0.2, 0.25) is 0 Å². The van der Waals surface area contributed by atoms with Crippen LogP contribution in [-0.2, 0) is 0 Å². The van der Waals surface area contributed by atoms with Crippen molar-refractivity contribution >= 4 is 0 Å². The fourth-order valence-electron chi connectivity index (χ4n) is 5.23. The van der Waals surface area contributed by atoms with Crippen molar-refractivity contribution in [2.75, 3.05) is 0 Å². The van der Waals surface area contributed by atoms with E-state index in [1.807, 2.05) is 0 Å². The summed E-state index contributed by atoms with van der Waals surface area (Å²) in [6.07, 6.45) is 7.79. The molecule has 1 N–H and O–H groups in total. The minimum atomic E-state index is -0.283. The van der Waals surface area contributed by atoms with Crippen molar-refractivity contribution in [3.05, 3.63) is 22.8 Å². The molecule has 1 saturated carbocycles. The largest absolute Gasteiger partial charge is 0.392 e. The average molecular weight is 299 g/mol. The second-order valence-corrected chi connectivity index (χ2v) is 8.35. The Bertz CT molecular complexity index is 579. The molecule has 0 radical (unpaired) electrons. The lowest BCUT2D eigenvalue weighted by atomic mass is 9.54. The number of hydrogen-bond acceptors (Lipinski definition) is 2. The Hall–Kier alpha value is -1.07. The molecule has 2 nitrogen and oxygen atoms in total. The molecule has 120 valence electrons. The summed E-state index contributed by atoms with van der Waals surface area (Å²) in [6, 6.07) is 2.70. The van der Waals surface area contributed by atoms with E-state index in [1.165, 1.54) is 16.7 Å². The summed E-state index contributed by atoms with van der Waals surface area (Å²) in [6.45, 7) is 8.92. The monoisotopic (exact) mass is 299 g/mol. The zero-order chi connectivity index (χ0) is 16.1. The van der Waals surface area contributed by atoms with Crippen LogP contribution in [0.25, 0.3) is 0 Å². The molecule has 0 heterocycles. The van der Waals surface area contributed by atoms with Crippen LogP contribution in [0.15, 0.2) is 22.8 Å². The Morgan fingerprint density at radius 2 is 2.05 bits per heavy atom. The predicted molar refractivity (Wildman–Crippen MR) is 89.0 cm³/mol. The molecule has 0 aliphatic heterocycles. The molecule has 3 rings (SSSR count). The third kappa shape index (κ3) is 2.09. The van der Waals surface area contributed by atoms with Gasteiger partial charge in [0.25, 0.3) is 0 Å². The summed E-state index contributed by atoms with van der Waals surface area (Å²) in [7, 11) is 0. The Kier molecular flexibility index (Phi) is 3.76. The highest BCUT2D eigenvalue weighted by Crippen LogP contribution is 2.62. The van der Waals surface area contributed by atoms with Gasteiger partial charge in [-0.1, -0.05) is 38.0 Å². The van der Waals surface area contributed by atoms with Crippen molar-refractivity contribution in [1.82, 2.24) is 0 Å². The maximum Gasteiger partial charge on any atom is 0.0791 e. The summed E-state index contributed by atoms with van der Waals surface area (Å²) in [5.41, 5.74) is 3.92. The molecule has 2 heteroatoms.